The van der Waals surface area contributed by atoms with Crippen molar-refractivity contribution in [3.63, 3.8) is 0 Å². The Bertz CT molecular complexity index is 736. The summed E-state index contributed by atoms with van der Waals surface area (Å²) >= 11 is 1.30. The first-order valence-electron chi connectivity index (χ1n) is 7.04. The van der Waals surface area contributed by atoms with Crippen LogP contribution in [0.15, 0.2) is 23.6 Å². The summed E-state index contributed by atoms with van der Waals surface area (Å²) in [6.45, 7) is 3.91. The molecule has 1 amide bonds. The van der Waals surface area contributed by atoms with Crippen molar-refractivity contribution in [2.24, 2.45) is 0 Å². The summed E-state index contributed by atoms with van der Waals surface area (Å²) in [6, 6.07) is 6.04. The Kier molecular flexibility index (Phi) is 5.52. The summed E-state index contributed by atoms with van der Waals surface area (Å²) in [5.74, 6) is -0.790. The van der Waals surface area contributed by atoms with Crippen molar-refractivity contribution < 1.29 is 19.1 Å². The topological polar surface area (TPSA) is 64.6 Å². The van der Waals surface area contributed by atoms with E-state index in [1.54, 1.807) is 0 Å². The molecule has 2 rings (SSSR count). The standard InChI is InChI=1S/C17H19NO4S/c1-10-5-6-11(2)12(7-10)13-9-23-16(15(13)17(20)22-4)18-14(19)8-21-3/h5-7,9H,8H2,1-4H3,(H,18,19). The van der Waals surface area contributed by atoms with Crippen molar-refractivity contribution in [3.8, 4) is 11.1 Å². The number of esters is 1. The molecule has 0 unspecified atom stereocenters. The number of carbonyl (C=O) groups excluding carboxylic acids is 2. The normalized spacial score (nSPS) is 10.4. The van der Waals surface area contributed by atoms with E-state index in [1.165, 1.54) is 25.6 Å². The van der Waals surface area contributed by atoms with Gasteiger partial charge in [0.1, 0.15) is 17.2 Å². The van der Waals surface area contributed by atoms with Crippen molar-refractivity contribution in [2.75, 3.05) is 26.1 Å². The van der Waals surface area contributed by atoms with Gasteiger partial charge in [0.2, 0.25) is 0 Å². The van der Waals surface area contributed by atoms with E-state index in [9.17, 15) is 9.59 Å². The molecule has 122 valence electrons. The van der Waals surface area contributed by atoms with Crippen molar-refractivity contribution >= 4 is 28.2 Å². The predicted octanol–water partition coefficient (Wildman–Crippen LogP) is 3.40. The molecule has 1 N–H and O–H groups in total. The molecule has 0 aliphatic rings. The van der Waals surface area contributed by atoms with Gasteiger partial charge in [-0.2, -0.15) is 0 Å². The van der Waals surface area contributed by atoms with E-state index in [-0.39, 0.29) is 12.5 Å². The minimum atomic E-state index is -0.477. The van der Waals surface area contributed by atoms with Gasteiger partial charge < -0.3 is 14.8 Å². The number of anilines is 1. The average Bonchev–Trinajstić information content (AvgIpc) is 2.92. The Morgan fingerprint density at radius 2 is 1.91 bits per heavy atom. The molecular formula is C17H19NO4S. The fraction of sp³-hybridized carbons (Fsp3) is 0.294. The maximum atomic E-state index is 12.2. The van der Waals surface area contributed by atoms with Crippen LogP contribution in [0.1, 0.15) is 21.5 Å². The lowest BCUT2D eigenvalue weighted by molar-refractivity contribution is -0.119. The third-order valence-corrected chi connectivity index (χ3v) is 4.29. The van der Waals surface area contributed by atoms with Gasteiger partial charge in [-0.25, -0.2) is 4.79 Å². The van der Waals surface area contributed by atoms with Gasteiger partial charge in [-0.1, -0.05) is 23.8 Å². The molecule has 0 radical (unpaired) electrons. The number of aryl methyl sites for hydroxylation is 2. The molecule has 0 atom stereocenters. The Morgan fingerprint density at radius 1 is 1.17 bits per heavy atom. The highest BCUT2D eigenvalue weighted by molar-refractivity contribution is 7.15. The zero-order valence-corrected chi connectivity index (χ0v) is 14.4. The minimum Gasteiger partial charge on any atom is -0.465 e. The van der Waals surface area contributed by atoms with Gasteiger partial charge in [0.25, 0.3) is 5.91 Å². The highest BCUT2D eigenvalue weighted by Crippen LogP contribution is 2.37. The molecule has 2 aromatic rings. The zero-order valence-electron chi connectivity index (χ0n) is 13.6. The fourth-order valence-electron chi connectivity index (χ4n) is 2.27. The number of thiophene rings is 1. The molecule has 0 fully saturated rings. The Balaban J connectivity index is 2.52. The van der Waals surface area contributed by atoms with Crippen molar-refractivity contribution in [1.82, 2.24) is 0 Å². The van der Waals surface area contributed by atoms with Crippen molar-refractivity contribution in [2.45, 2.75) is 13.8 Å². The second-order valence-corrected chi connectivity index (χ2v) is 6.02. The van der Waals surface area contributed by atoms with Gasteiger partial charge in [-0.3, -0.25) is 4.79 Å². The Hall–Kier alpha value is -2.18. The number of amides is 1. The summed E-state index contributed by atoms with van der Waals surface area (Å²) in [5, 5.41) is 5.03. The first kappa shape index (κ1) is 17.2. The zero-order chi connectivity index (χ0) is 17.0. The average molecular weight is 333 g/mol. The van der Waals surface area contributed by atoms with Crippen LogP contribution in [0, 0.1) is 13.8 Å². The van der Waals surface area contributed by atoms with E-state index in [0.717, 1.165) is 22.3 Å². The maximum absolute atomic E-state index is 12.2. The molecule has 0 aliphatic carbocycles. The quantitative estimate of drug-likeness (QED) is 0.852. The number of nitrogens with one attached hydrogen (secondary N) is 1. The van der Waals surface area contributed by atoms with Gasteiger partial charge in [0.05, 0.1) is 7.11 Å². The van der Waals surface area contributed by atoms with Gasteiger partial charge in [0.15, 0.2) is 0 Å². The predicted molar refractivity (Wildman–Crippen MR) is 91.1 cm³/mol. The molecule has 0 bridgehead atoms. The molecule has 0 aliphatic heterocycles. The highest BCUT2D eigenvalue weighted by Gasteiger charge is 2.23. The van der Waals surface area contributed by atoms with E-state index in [0.29, 0.717) is 10.6 Å². The fourth-order valence-corrected chi connectivity index (χ4v) is 3.24. The largest absolute Gasteiger partial charge is 0.465 e. The lowest BCUT2D eigenvalue weighted by Gasteiger charge is -2.10. The molecule has 5 nitrogen and oxygen atoms in total. The number of hydrogen-bond acceptors (Lipinski definition) is 5. The Labute approximate surface area is 139 Å². The number of benzene rings is 1. The smallest absolute Gasteiger partial charge is 0.341 e. The maximum Gasteiger partial charge on any atom is 0.341 e. The van der Waals surface area contributed by atoms with Crippen LogP contribution in [-0.2, 0) is 14.3 Å². The van der Waals surface area contributed by atoms with Crippen LogP contribution in [0.2, 0.25) is 0 Å². The summed E-state index contributed by atoms with van der Waals surface area (Å²) in [6.07, 6.45) is 0. The van der Waals surface area contributed by atoms with E-state index in [2.05, 4.69) is 5.32 Å². The third kappa shape index (κ3) is 3.78. The number of methoxy groups -OCH3 is 2. The molecule has 6 heteroatoms. The lowest BCUT2D eigenvalue weighted by Crippen LogP contribution is -2.18. The van der Waals surface area contributed by atoms with Crippen LogP contribution in [0.4, 0.5) is 5.00 Å². The molecule has 1 aromatic heterocycles. The van der Waals surface area contributed by atoms with Crippen molar-refractivity contribution in [3.05, 3.63) is 40.3 Å². The Morgan fingerprint density at radius 3 is 2.57 bits per heavy atom. The van der Waals surface area contributed by atoms with Gasteiger partial charge >= 0.3 is 5.97 Å². The number of rotatable bonds is 5. The first-order valence-corrected chi connectivity index (χ1v) is 7.92. The minimum absolute atomic E-state index is 0.0721. The van der Waals surface area contributed by atoms with Crippen LogP contribution >= 0.6 is 11.3 Å². The van der Waals surface area contributed by atoms with E-state index in [1.807, 2.05) is 37.4 Å². The van der Waals surface area contributed by atoms with Crippen LogP contribution in [-0.4, -0.2) is 32.7 Å². The molecular weight excluding hydrogens is 314 g/mol. The monoisotopic (exact) mass is 333 g/mol. The molecule has 23 heavy (non-hydrogen) atoms. The van der Waals surface area contributed by atoms with Crippen molar-refractivity contribution in [1.29, 1.82) is 0 Å². The van der Waals surface area contributed by atoms with Gasteiger partial charge in [-0.15, -0.1) is 11.3 Å². The highest BCUT2D eigenvalue weighted by atomic mass is 32.1. The molecule has 0 spiro atoms. The first-order chi connectivity index (χ1) is 11.0. The SMILES string of the molecule is COCC(=O)Nc1scc(-c2cc(C)ccc2C)c1C(=O)OC. The number of ether oxygens (including phenoxy) is 2. The number of hydrogen-bond donors (Lipinski definition) is 1. The molecule has 0 saturated heterocycles. The van der Waals surface area contributed by atoms with Crippen LogP contribution in [0.3, 0.4) is 0 Å². The number of carbonyl (C=O) groups is 2. The second-order valence-electron chi connectivity index (χ2n) is 5.14. The summed E-state index contributed by atoms with van der Waals surface area (Å²) < 4.78 is 9.70. The van der Waals surface area contributed by atoms with E-state index in [4.69, 9.17) is 9.47 Å². The lowest BCUT2D eigenvalue weighted by atomic mass is 9.97. The van der Waals surface area contributed by atoms with E-state index >= 15 is 0 Å². The van der Waals surface area contributed by atoms with Crippen LogP contribution in [0.5, 0.6) is 0 Å². The third-order valence-electron chi connectivity index (χ3n) is 3.39. The van der Waals surface area contributed by atoms with Crippen LogP contribution < -0.4 is 5.32 Å². The molecule has 1 aromatic carbocycles. The summed E-state index contributed by atoms with van der Waals surface area (Å²) in [7, 11) is 2.77. The summed E-state index contributed by atoms with van der Waals surface area (Å²) in [5.41, 5.74) is 4.23. The molecule has 1 heterocycles. The molecule has 0 saturated carbocycles. The van der Waals surface area contributed by atoms with Gasteiger partial charge in [0, 0.05) is 18.1 Å². The summed E-state index contributed by atoms with van der Waals surface area (Å²) in [4.78, 5) is 24.0. The van der Waals surface area contributed by atoms with E-state index < -0.39 is 5.97 Å². The second kappa shape index (κ2) is 7.39. The van der Waals surface area contributed by atoms with Gasteiger partial charge in [-0.05, 0) is 25.0 Å². The van der Waals surface area contributed by atoms with Crippen LogP contribution in [0.25, 0.3) is 11.1 Å².